The van der Waals surface area contributed by atoms with Crippen LogP contribution in [0, 0.1) is 3.57 Å². The van der Waals surface area contributed by atoms with E-state index in [4.69, 9.17) is 0 Å². The molecule has 17 heavy (non-hydrogen) atoms. The number of halogens is 1. The molecule has 0 unspecified atom stereocenters. The van der Waals surface area contributed by atoms with Crippen molar-refractivity contribution in [2.75, 3.05) is 0 Å². The molecule has 2 nitrogen and oxygen atoms in total. The lowest BCUT2D eigenvalue weighted by molar-refractivity contribution is 0.543. The van der Waals surface area contributed by atoms with E-state index in [1.807, 2.05) is 10.7 Å². The van der Waals surface area contributed by atoms with Crippen LogP contribution in [0.25, 0.3) is 0 Å². The highest BCUT2D eigenvalue weighted by Gasteiger charge is 2.20. The monoisotopic (exact) mass is 340 g/mol. The summed E-state index contributed by atoms with van der Waals surface area (Å²) >= 11 is 2.37. The largest absolute Gasteiger partial charge is 0.267 e. The Labute approximate surface area is 116 Å². The third-order valence-corrected chi connectivity index (χ3v) is 3.40. The highest BCUT2D eigenvalue weighted by Crippen LogP contribution is 2.25. The lowest BCUT2D eigenvalue weighted by Gasteiger charge is -2.15. The van der Waals surface area contributed by atoms with Crippen molar-refractivity contribution in [1.29, 1.82) is 0 Å². The molecule has 1 aromatic carbocycles. The lowest BCUT2D eigenvalue weighted by Crippen LogP contribution is -2.14. The van der Waals surface area contributed by atoms with Crippen molar-refractivity contribution in [3.63, 3.8) is 0 Å². The Morgan fingerprint density at radius 2 is 1.82 bits per heavy atom. The van der Waals surface area contributed by atoms with E-state index in [2.05, 4.69) is 78.9 Å². The summed E-state index contributed by atoms with van der Waals surface area (Å²) in [6, 6.07) is 10.4. The summed E-state index contributed by atoms with van der Waals surface area (Å²) in [5.74, 6) is 0. The third-order valence-electron chi connectivity index (χ3n) is 2.61. The topological polar surface area (TPSA) is 17.8 Å². The summed E-state index contributed by atoms with van der Waals surface area (Å²) in [4.78, 5) is 0. The minimum atomic E-state index is 0.110. The average molecular weight is 340 g/mol. The van der Waals surface area contributed by atoms with E-state index in [1.165, 1.54) is 14.8 Å². The molecule has 0 aliphatic heterocycles. The van der Waals surface area contributed by atoms with E-state index in [0.717, 1.165) is 6.54 Å². The molecule has 0 radical (unpaired) electrons. The van der Waals surface area contributed by atoms with Gasteiger partial charge in [0.25, 0.3) is 0 Å². The summed E-state index contributed by atoms with van der Waals surface area (Å²) in [6.45, 7) is 7.44. The molecule has 0 fully saturated rings. The molecular weight excluding hydrogens is 323 g/mol. The van der Waals surface area contributed by atoms with Crippen molar-refractivity contribution in [3.05, 3.63) is 51.4 Å². The molecule has 0 aliphatic carbocycles. The molecule has 90 valence electrons. The molecule has 2 aromatic rings. The maximum Gasteiger partial charge on any atom is 0.0811 e. The summed E-state index contributed by atoms with van der Waals surface area (Å²) in [5.41, 5.74) is 2.57. The summed E-state index contributed by atoms with van der Waals surface area (Å²) < 4.78 is 3.27. The zero-order valence-electron chi connectivity index (χ0n) is 10.4. The second-order valence-corrected chi connectivity index (χ2v) is 6.42. The lowest BCUT2D eigenvalue weighted by atomic mass is 9.93. The molecule has 0 aliphatic rings. The van der Waals surface area contributed by atoms with Crippen LogP contribution < -0.4 is 0 Å². The van der Waals surface area contributed by atoms with Crippen LogP contribution in [0.15, 0.2) is 36.5 Å². The van der Waals surface area contributed by atoms with Crippen molar-refractivity contribution in [2.45, 2.75) is 32.7 Å². The van der Waals surface area contributed by atoms with Gasteiger partial charge in [-0.05, 0) is 28.2 Å². The maximum atomic E-state index is 4.69. The van der Waals surface area contributed by atoms with E-state index >= 15 is 0 Å². The van der Waals surface area contributed by atoms with Crippen LogP contribution in [-0.4, -0.2) is 9.78 Å². The Bertz CT molecular complexity index is 495. The Balaban J connectivity index is 2.24. The van der Waals surface area contributed by atoms with E-state index in [-0.39, 0.29) is 5.41 Å². The molecule has 2 rings (SSSR count). The van der Waals surface area contributed by atoms with Crippen LogP contribution >= 0.6 is 22.6 Å². The normalized spacial score (nSPS) is 11.8. The number of nitrogens with zero attached hydrogens (tertiary/aromatic N) is 2. The number of benzene rings is 1. The van der Waals surface area contributed by atoms with Crippen LogP contribution in [-0.2, 0) is 12.0 Å². The van der Waals surface area contributed by atoms with Gasteiger partial charge in [-0.25, -0.2) is 0 Å². The van der Waals surface area contributed by atoms with Gasteiger partial charge in [-0.1, -0.05) is 51.1 Å². The van der Waals surface area contributed by atoms with E-state index in [1.54, 1.807) is 0 Å². The van der Waals surface area contributed by atoms with Gasteiger partial charge >= 0.3 is 0 Å². The van der Waals surface area contributed by atoms with Gasteiger partial charge < -0.3 is 0 Å². The molecule has 0 N–H and O–H groups in total. The van der Waals surface area contributed by atoms with Crippen LogP contribution in [0.3, 0.4) is 0 Å². The molecule has 1 heterocycles. The fourth-order valence-electron chi connectivity index (χ4n) is 1.76. The first-order chi connectivity index (χ1) is 7.97. The Kier molecular flexibility index (Phi) is 3.56. The van der Waals surface area contributed by atoms with Gasteiger partial charge in [-0.15, -0.1) is 0 Å². The first-order valence-electron chi connectivity index (χ1n) is 5.74. The first-order valence-corrected chi connectivity index (χ1v) is 6.82. The van der Waals surface area contributed by atoms with Gasteiger partial charge in [0.15, 0.2) is 0 Å². The quantitative estimate of drug-likeness (QED) is 0.760. The molecule has 0 amide bonds. The predicted molar refractivity (Wildman–Crippen MR) is 79.2 cm³/mol. The van der Waals surface area contributed by atoms with E-state index in [0.29, 0.717) is 0 Å². The minimum absolute atomic E-state index is 0.110. The SMILES string of the molecule is CC(C)(C)c1nn(Cc2ccccc2)cc1I. The fourth-order valence-corrected chi connectivity index (χ4v) is 3.00. The zero-order valence-corrected chi connectivity index (χ0v) is 12.6. The number of hydrogen-bond acceptors (Lipinski definition) is 1. The van der Waals surface area contributed by atoms with Crippen molar-refractivity contribution in [2.24, 2.45) is 0 Å². The van der Waals surface area contributed by atoms with Gasteiger partial charge in [0.1, 0.15) is 0 Å². The molecule has 1 aromatic heterocycles. The summed E-state index contributed by atoms with van der Waals surface area (Å²) in [6.07, 6.45) is 2.12. The standard InChI is InChI=1S/C14H17IN2/c1-14(2,3)13-12(15)10-17(16-13)9-11-7-5-4-6-8-11/h4-8,10H,9H2,1-3H3. The fraction of sp³-hybridized carbons (Fsp3) is 0.357. The van der Waals surface area contributed by atoms with Gasteiger partial charge in [0.05, 0.1) is 15.8 Å². The van der Waals surface area contributed by atoms with Crippen molar-refractivity contribution >= 4 is 22.6 Å². The molecule has 0 bridgehead atoms. The maximum absolute atomic E-state index is 4.69. The molecule has 3 heteroatoms. The summed E-state index contributed by atoms with van der Waals surface area (Å²) in [5, 5.41) is 4.69. The zero-order chi connectivity index (χ0) is 12.5. The van der Waals surface area contributed by atoms with Gasteiger partial charge in [0.2, 0.25) is 0 Å². The Morgan fingerprint density at radius 3 is 2.35 bits per heavy atom. The molecule has 0 saturated heterocycles. The van der Waals surface area contributed by atoms with E-state index < -0.39 is 0 Å². The van der Waals surface area contributed by atoms with Crippen molar-refractivity contribution in [3.8, 4) is 0 Å². The minimum Gasteiger partial charge on any atom is -0.267 e. The number of aromatic nitrogens is 2. The molecular formula is C14H17IN2. The highest BCUT2D eigenvalue weighted by molar-refractivity contribution is 14.1. The molecule has 0 saturated carbocycles. The Morgan fingerprint density at radius 1 is 1.18 bits per heavy atom. The highest BCUT2D eigenvalue weighted by atomic mass is 127. The smallest absolute Gasteiger partial charge is 0.0811 e. The van der Waals surface area contributed by atoms with E-state index in [9.17, 15) is 0 Å². The van der Waals surface area contributed by atoms with Crippen molar-refractivity contribution in [1.82, 2.24) is 9.78 Å². The van der Waals surface area contributed by atoms with Crippen LogP contribution in [0.4, 0.5) is 0 Å². The second kappa shape index (κ2) is 4.80. The van der Waals surface area contributed by atoms with Crippen LogP contribution in [0.2, 0.25) is 0 Å². The molecule has 0 spiro atoms. The Hall–Kier alpha value is -0.840. The number of hydrogen-bond donors (Lipinski definition) is 0. The average Bonchev–Trinajstić information content (AvgIpc) is 2.60. The van der Waals surface area contributed by atoms with Crippen molar-refractivity contribution < 1.29 is 0 Å². The molecule has 0 atom stereocenters. The third kappa shape index (κ3) is 3.09. The van der Waals surface area contributed by atoms with Gasteiger partial charge in [-0.3, -0.25) is 4.68 Å². The second-order valence-electron chi connectivity index (χ2n) is 5.26. The first kappa shape index (κ1) is 12.6. The van der Waals surface area contributed by atoms with Gasteiger partial charge in [0, 0.05) is 11.6 Å². The van der Waals surface area contributed by atoms with Gasteiger partial charge in [-0.2, -0.15) is 5.10 Å². The van der Waals surface area contributed by atoms with Crippen LogP contribution in [0.5, 0.6) is 0 Å². The number of rotatable bonds is 2. The van der Waals surface area contributed by atoms with Crippen LogP contribution in [0.1, 0.15) is 32.0 Å². The summed E-state index contributed by atoms with van der Waals surface area (Å²) in [7, 11) is 0. The predicted octanol–water partition coefficient (Wildman–Crippen LogP) is 3.83.